The van der Waals surface area contributed by atoms with Gasteiger partial charge in [0.05, 0.1) is 31.9 Å². The van der Waals surface area contributed by atoms with Gasteiger partial charge in [-0.25, -0.2) is 24.5 Å². The summed E-state index contributed by atoms with van der Waals surface area (Å²) in [4.78, 5) is 46.4. The Balaban J connectivity index is 1.04. The Hall–Kier alpha value is -3.49. The molecule has 5 aliphatic rings. The van der Waals surface area contributed by atoms with Crippen LogP contribution in [0.25, 0.3) is 22.3 Å². The predicted octanol–water partition coefficient (Wildman–Crippen LogP) is -0.713. The molecule has 3 aliphatic heterocycles. The Morgan fingerprint density at radius 3 is 2.72 bits per heavy atom. The molecule has 7 heterocycles. The minimum absolute atomic E-state index is 0.0249. The quantitative estimate of drug-likeness (QED) is 0.163. The van der Waals surface area contributed by atoms with Crippen molar-refractivity contribution in [2.45, 2.75) is 48.7 Å². The number of ether oxygens (including phenoxy) is 2. The molecule has 5 fully saturated rings. The molecule has 0 radical (unpaired) electrons. The van der Waals surface area contributed by atoms with Crippen molar-refractivity contribution in [2.24, 2.45) is 11.3 Å². The van der Waals surface area contributed by atoms with E-state index < -0.39 is 75.9 Å². The average Bonchev–Trinajstić information content (AvgIpc) is 3.43. The van der Waals surface area contributed by atoms with E-state index in [0.717, 1.165) is 0 Å². The molecular formula is C23H25N10O11P2+. The van der Waals surface area contributed by atoms with Crippen LogP contribution < -0.4 is 17.0 Å². The molecule has 9 rings (SSSR count). The van der Waals surface area contributed by atoms with Crippen molar-refractivity contribution >= 4 is 50.2 Å². The van der Waals surface area contributed by atoms with Gasteiger partial charge in [-0.3, -0.25) is 23.4 Å². The van der Waals surface area contributed by atoms with Crippen molar-refractivity contribution in [1.29, 1.82) is 0 Å². The lowest BCUT2D eigenvalue weighted by molar-refractivity contribution is -0.183. The molecular weight excluding hydrogens is 654 g/mol. The number of fused-ring (bicyclic) bond motifs is 2. The second kappa shape index (κ2) is 9.54. The topological polar surface area (TPSA) is 289 Å². The Morgan fingerprint density at radius 1 is 1.07 bits per heavy atom. The standard InChI is InChI=1S/C23H24N10O11P2/c24-16-9-17(27-5-26-16)32(6-28-9)11-8-1-22(8)2-41-46(37,38)44-15-13-20(33-7-29-10-18(33)30-21(25)31-19(10)35)42-23(15,3-39-13)4-40-45(36)43-14(22)12(11)34/h5-8,11-15,20,34H,1-4H2,(H5-,24,25,26,27,30,31,35,37,38)/p+1/t8-,11-,12+,13-,14+,15+,20-,22?,23-/m1/s1. The molecule has 2 saturated carbocycles. The Kier molecular flexibility index (Phi) is 5.95. The highest BCUT2D eigenvalue weighted by Crippen LogP contribution is 2.71. The molecule has 4 aromatic heterocycles. The van der Waals surface area contributed by atoms with E-state index in [0.29, 0.717) is 17.6 Å². The van der Waals surface area contributed by atoms with Gasteiger partial charge in [-0.1, -0.05) is 0 Å². The van der Waals surface area contributed by atoms with Crippen LogP contribution >= 0.6 is 16.1 Å². The van der Waals surface area contributed by atoms with Crippen molar-refractivity contribution in [1.82, 2.24) is 39.0 Å². The van der Waals surface area contributed by atoms with E-state index in [4.69, 9.17) is 39.0 Å². The minimum atomic E-state index is -4.84. The van der Waals surface area contributed by atoms with Crippen LogP contribution in [-0.2, 0) is 36.7 Å². The van der Waals surface area contributed by atoms with Crippen LogP contribution in [0.15, 0.2) is 23.8 Å². The maximum atomic E-state index is 13.5. The lowest BCUT2D eigenvalue weighted by Gasteiger charge is -2.30. The predicted molar refractivity (Wildman–Crippen MR) is 150 cm³/mol. The zero-order chi connectivity index (χ0) is 31.7. The summed E-state index contributed by atoms with van der Waals surface area (Å²) in [6.07, 6.45) is -1.35. The van der Waals surface area contributed by atoms with Crippen molar-refractivity contribution in [3.8, 4) is 0 Å². The van der Waals surface area contributed by atoms with Crippen molar-refractivity contribution in [3.05, 3.63) is 29.3 Å². The van der Waals surface area contributed by atoms with E-state index in [1.54, 1.807) is 4.57 Å². The molecule has 21 nitrogen and oxygen atoms in total. The number of nitrogens with zero attached hydrogens (tertiary/aromatic N) is 7. The number of phosphoric ester groups is 1. The number of H-pyrrole nitrogens is 1. The largest absolute Gasteiger partial charge is 0.697 e. The summed E-state index contributed by atoms with van der Waals surface area (Å²) in [5, 5.41) is 11.5. The minimum Gasteiger partial charge on any atom is -0.388 e. The van der Waals surface area contributed by atoms with Crippen LogP contribution in [0.4, 0.5) is 11.8 Å². The lowest BCUT2D eigenvalue weighted by atomic mass is 10.0. The summed E-state index contributed by atoms with van der Waals surface area (Å²) in [5.74, 6) is -0.359. The maximum Gasteiger partial charge on any atom is 0.697 e. The maximum absolute atomic E-state index is 13.5. The van der Waals surface area contributed by atoms with Gasteiger partial charge in [0, 0.05) is 9.98 Å². The van der Waals surface area contributed by atoms with Crippen LogP contribution in [0.3, 0.4) is 0 Å². The molecule has 0 aromatic carbocycles. The number of aromatic nitrogens is 8. The zero-order valence-electron chi connectivity index (χ0n) is 23.4. The summed E-state index contributed by atoms with van der Waals surface area (Å²) in [5.41, 5.74) is 9.27. The molecule has 2 bridgehead atoms. The van der Waals surface area contributed by atoms with Gasteiger partial charge in [-0.05, 0) is 12.3 Å². The fourth-order valence-electron chi connectivity index (χ4n) is 7.42. The van der Waals surface area contributed by atoms with Crippen LogP contribution in [-0.4, -0.2) is 98.9 Å². The van der Waals surface area contributed by atoms with E-state index >= 15 is 0 Å². The third-order valence-corrected chi connectivity index (χ3v) is 11.3. The molecule has 23 heteroatoms. The number of hydrogen-bond acceptors (Lipinski definition) is 17. The summed E-state index contributed by atoms with van der Waals surface area (Å²) < 4.78 is 64.8. The summed E-state index contributed by atoms with van der Waals surface area (Å²) in [6.45, 7) is -1.03. The van der Waals surface area contributed by atoms with Crippen LogP contribution in [0.1, 0.15) is 18.7 Å². The zero-order valence-corrected chi connectivity index (χ0v) is 25.1. The summed E-state index contributed by atoms with van der Waals surface area (Å²) in [7, 11) is -7.72. The first kappa shape index (κ1) is 28.7. The molecule has 3 unspecified atom stereocenters. The van der Waals surface area contributed by atoms with E-state index in [1.165, 1.54) is 23.5 Å². The molecule has 0 amide bonds. The molecule has 11 atom stereocenters. The van der Waals surface area contributed by atoms with Gasteiger partial charge >= 0.3 is 16.1 Å². The first-order chi connectivity index (χ1) is 22.0. The van der Waals surface area contributed by atoms with Gasteiger partial charge in [0.15, 0.2) is 40.6 Å². The molecule has 4 aromatic rings. The Morgan fingerprint density at radius 2 is 1.87 bits per heavy atom. The molecule has 7 N–H and O–H groups in total. The van der Waals surface area contributed by atoms with Crippen LogP contribution in [0.2, 0.25) is 0 Å². The van der Waals surface area contributed by atoms with Gasteiger partial charge in [-0.15, -0.1) is 9.05 Å². The number of aliphatic hydroxyl groups is 1. The van der Waals surface area contributed by atoms with Gasteiger partial charge in [0.2, 0.25) is 5.95 Å². The molecule has 2 aliphatic carbocycles. The number of hydrogen-bond donors (Lipinski definition) is 5. The SMILES string of the molecule is Nc1nc2c(ncn2[C@@H]2O[C@@]34CO[C@@H]2[C@@H]3OP(=O)(O)OCC23C[C@@H]2[C@@H](n2cnc5c(N)ncnc52)[C@H](O)[C@@H]3O[P+](=O)OC4)c(=O)[nH]1. The summed E-state index contributed by atoms with van der Waals surface area (Å²) >= 11 is 0. The van der Waals surface area contributed by atoms with E-state index in [2.05, 4.69) is 29.9 Å². The highest BCUT2D eigenvalue weighted by atomic mass is 31.2. The normalized spacial score (nSPS) is 41.2. The number of nitrogens with one attached hydrogen (secondary N) is 1. The number of rotatable bonds is 2. The fraction of sp³-hybridized carbons (Fsp3) is 0.565. The lowest BCUT2D eigenvalue weighted by Crippen LogP contribution is -2.46. The number of anilines is 2. The monoisotopic (exact) mass is 679 g/mol. The van der Waals surface area contributed by atoms with Gasteiger partial charge in [0.1, 0.15) is 36.8 Å². The number of nitrogens with two attached hydrogens (primary N) is 2. The molecule has 1 spiro atoms. The van der Waals surface area contributed by atoms with Crippen LogP contribution in [0, 0.1) is 11.3 Å². The number of aliphatic hydroxyl groups excluding tert-OH is 1. The Bertz CT molecular complexity index is 2060. The van der Waals surface area contributed by atoms with Gasteiger partial charge < -0.3 is 35.5 Å². The number of nitrogen functional groups attached to an aromatic ring is 2. The third-order valence-electron chi connectivity index (χ3n) is 9.58. The fourth-order valence-corrected chi connectivity index (χ4v) is 9.39. The highest BCUT2D eigenvalue weighted by Gasteiger charge is 2.76. The average molecular weight is 679 g/mol. The second-order valence-electron chi connectivity index (χ2n) is 12.0. The molecule has 46 heavy (non-hydrogen) atoms. The smallest absolute Gasteiger partial charge is 0.388 e. The first-order valence-corrected chi connectivity index (χ1v) is 16.6. The number of imidazole rings is 2. The van der Waals surface area contributed by atoms with E-state index in [1.807, 2.05) is 0 Å². The van der Waals surface area contributed by atoms with E-state index in [-0.39, 0.29) is 42.1 Å². The van der Waals surface area contributed by atoms with Gasteiger partial charge in [0.25, 0.3) is 5.56 Å². The summed E-state index contributed by atoms with van der Waals surface area (Å²) in [6, 6.07) is -0.674. The van der Waals surface area contributed by atoms with Crippen molar-refractivity contribution in [3.63, 3.8) is 0 Å². The number of phosphoric acid groups is 1. The van der Waals surface area contributed by atoms with Crippen molar-refractivity contribution < 1.29 is 46.7 Å². The number of aromatic amines is 1. The highest BCUT2D eigenvalue weighted by molar-refractivity contribution is 7.47. The Labute approximate surface area is 256 Å². The third kappa shape index (κ3) is 3.95. The van der Waals surface area contributed by atoms with Crippen molar-refractivity contribution in [2.75, 3.05) is 31.3 Å². The molecule has 242 valence electrons. The first-order valence-electron chi connectivity index (χ1n) is 14.1. The van der Waals surface area contributed by atoms with E-state index in [9.17, 15) is 23.9 Å². The molecule has 3 saturated heterocycles. The second-order valence-corrected chi connectivity index (χ2v) is 14.3. The van der Waals surface area contributed by atoms with Gasteiger partial charge in [-0.2, -0.15) is 4.98 Å². The van der Waals surface area contributed by atoms with Crippen LogP contribution in [0.5, 0.6) is 0 Å².